The maximum Gasteiger partial charge on any atom is 0.160 e. The van der Waals surface area contributed by atoms with Crippen LogP contribution < -0.4 is 0 Å². The van der Waals surface area contributed by atoms with Gasteiger partial charge in [0.1, 0.15) is 11.3 Å². The van der Waals surface area contributed by atoms with Gasteiger partial charge in [-0.2, -0.15) is 0 Å². The van der Waals surface area contributed by atoms with Gasteiger partial charge in [0.2, 0.25) is 0 Å². The molecule has 0 amide bonds. The first-order chi connectivity index (χ1) is 9.50. The van der Waals surface area contributed by atoms with Gasteiger partial charge in [0.15, 0.2) is 15.5 Å². The molecule has 20 heavy (non-hydrogen) atoms. The third-order valence-corrected chi connectivity index (χ3v) is 5.57. The van der Waals surface area contributed by atoms with Crippen LogP contribution >= 0.6 is 11.6 Å². The van der Waals surface area contributed by atoms with Gasteiger partial charge >= 0.3 is 0 Å². The minimum absolute atomic E-state index is 0.0709. The number of aromatic nitrogens is 3. The van der Waals surface area contributed by atoms with Gasteiger partial charge in [0.25, 0.3) is 0 Å². The molecule has 1 aliphatic rings. The molecule has 0 N–H and O–H groups in total. The van der Waals surface area contributed by atoms with Crippen molar-refractivity contribution in [2.24, 2.45) is 0 Å². The lowest BCUT2D eigenvalue weighted by molar-refractivity contribution is 0.545. The van der Waals surface area contributed by atoms with Gasteiger partial charge in [-0.25, -0.2) is 18.4 Å². The molecule has 2 aromatic rings. The first-order valence-electron chi connectivity index (χ1n) is 6.60. The van der Waals surface area contributed by atoms with E-state index < -0.39 is 9.84 Å². The van der Waals surface area contributed by atoms with Crippen molar-refractivity contribution in [3.05, 3.63) is 23.7 Å². The molecule has 0 aromatic carbocycles. The van der Waals surface area contributed by atoms with E-state index in [2.05, 4.69) is 9.97 Å². The first-order valence-corrected chi connectivity index (χ1v) is 8.95. The fourth-order valence-corrected chi connectivity index (χ4v) is 4.62. The zero-order valence-corrected chi connectivity index (χ0v) is 12.8. The molecule has 108 valence electrons. The van der Waals surface area contributed by atoms with Crippen LogP contribution in [0.15, 0.2) is 12.3 Å². The summed E-state index contributed by atoms with van der Waals surface area (Å²) < 4.78 is 25.4. The summed E-state index contributed by atoms with van der Waals surface area (Å²) in [5, 5.41) is 0. The second-order valence-electron chi connectivity index (χ2n) is 5.25. The highest BCUT2D eigenvalue weighted by molar-refractivity contribution is 7.91. The third-order valence-electron chi connectivity index (χ3n) is 3.63. The second-order valence-corrected chi connectivity index (χ2v) is 7.86. The summed E-state index contributed by atoms with van der Waals surface area (Å²) in [4.78, 5) is 9.02. The van der Waals surface area contributed by atoms with Crippen LogP contribution in [-0.2, 0) is 16.3 Å². The maximum absolute atomic E-state index is 11.7. The molecule has 2 aromatic heterocycles. The molecule has 1 aliphatic heterocycles. The Balaban J connectivity index is 2.14. The number of imidazole rings is 1. The van der Waals surface area contributed by atoms with E-state index in [4.69, 9.17) is 11.6 Å². The normalized spacial score (nSPS) is 21.6. The van der Waals surface area contributed by atoms with E-state index >= 15 is 0 Å². The molecule has 1 atom stereocenters. The van der Waals surface area contributed by atoms with E-state index in [0.717, 1.165) is 22.6 Å². The zero-order valence-electron chi connectivity index (χ0n) is 11.2. The van der Waals surface area contributed by atoms with Gasteiger partial charge < -0.3 is 4.57 Å². The molecule has 0 bridgehead atoms. The van der Waals surface area contributed by atoms with E-state index in [9.17, 15) is 8.42 Å². The fraction of sp³-hybridized carbons (Fsp3) is 0.538. The van der Waals surface area contributed by atoms with Crippen molar-refractivity contribution < 1.29 is 8.42 Å². The van der Waals surface area contributed by atoms with Crippen molar-refractivity contribution in [2.75, 3.05) is 17.4 Å². The van der Waals surface area contributed by atoms with Crippen LogP contribution in [0.1, 0.15) is 23.9 Å². The summed E-state index contributed by atoms with van der Waals surface area (Å²) in [5.74, 6) is 1.70. The first kappa shape index (κ1) is 13.8. The Hall–Kier alpha value is -1.14. The molecular weight excluding hydrogens is 298 g/mol. The van der Waals surface area contributed by atoms with Crippen molar-refractivity contribution in [2.45, 2.75) is 25.8 Å². The van der Waals surface area contributed by atoms with E-state index in [1.165, 1.54) is 0 Å². The molecule has 0 aliphatic carbocycles. The monoisotopic (exact) mass is 313 g/mol. The molecule has 0 radical (unpaired) electrons. The Morgan fingerprint density at radius 3 is 2.95 bits per heavy atom. The largest absolute Gasteiger partial charge is 0.308 e. The summed E-state index contributed by atoms with van der Waals surface area (Å²) in [6, 6.07) is 1.90. The zero-order chi connectivity index (χ0) is 14.3. The van der Waals surface area contributed by atoms with Crippen LogP contribution in [0.25, 0.3) is 11.2 Å². The number of fused-ring (bicyclic) bond motifs is 1. The number of aryl methyl sites for hydroxylation is 2. The van der Waals surface area contributed by atoms with Gasteiger partial charge in [0.05, 0.1) is 17.5 Å². The van der Waals surface area contributed by atoms with Crippen molar-refractivity contribution in [3.63, 3.8) is 0 Å². The second kappa shape index (κ2) is 5.00. The minimum Gasteiger partial charge on any atom is -0.308 e. The van der Waals surface area contributed by atoms with Gasteiger partial charge in [-0.05, 0) is 25.0 Å². The Labute approximate surface area is 122 Å². The highest BCUT2D eigenvalue weighted by Crippen LogP contribution is 2.29. The number of alkyl halides is 1. The molecule has 3 heterocycles. The molecule has 1 fully saturated rings. The third kappa shape index (κ3) is 2.42. The van der Waals surface area contributed by atoms with E-state index in [1.54, 1.807) is 6.20 Å². The van der Waals surface area contributed by atoms with Gasteiger partial charge in [-0.3, -0.25) is 0 Å². The van der Waals surface area contributed by atoms with Gasteiger partial charge in [-0.1, -0.05) is 0 Å². The Morgan fingerprint density at radius 1 is 1.50 bits per heavy atom. The highest BCUT2D eigenvalue weighted by Gasteiger charge is 2.31. The molecule has 5 nitrogen and oxygen atoms in total. The van der Waals surface area contributed by atoms with Gasteiger partial charge in [0, 0.05) is 18.5 Å². The van der Waals surface area contributed by atoms with Crippen LogP contribution in [-0.4, -0.2) is 40.3 Å². The Kier molecular flexibility index (Phi) is 3.46. The summed E-state index contributed by atoms with van der Waals surface area (Å²) in [7, 11) is -2.94. The average molecular weight is 314 g/mol. The van der Waals surface area contributed by atoms with Crippen molar-refractivity contribution >= 4 is 32.6 Å². The van der Waals surface area contributed by atoms with E-state index in [0.29, 0.717) is 18.7 Å². The lowest BCUT2D eigenvalue weighted by Crippen LogP contribution is -2.15. The van der Waals surface area contributed by atoms with Crippen LogP contribution in [0.4, 0.5) is 0 Å². The molecule has 0 saturated carbocycles. The van der Waals surface area contributed by atoms with Crippen LogP contribution in [0, 0.1) is 6.92 Å². The predicted molar refractivity (Wildman–Crippen MR) is 79.0 cm³/mol. The Bertz CT molecular complexity index is 754. The Morgan fingerprint density at radius 2 is 2.30 bits per heavy atom. The summed E-state index contributed by atoms with van der Waals surface area (Å²) >= 11 is 5.84. The van der Waals surface area contributed by atoms with Crippen molar-refractivity contribution in [1.29, 1.82) is 0 Å². The summed E-state index contributed by atoms with van der Waals surface area (Å²) in [6.45, 7) is 1.96. The lowest BCUT2D eigenvalue weighted by Gasteiger charge is -2.14. The summed E-state index contributed by atoms with van der Waals surface area (Å²) in [5.41, 5.74) is 2.62. The molecule has 0 spiro atoms. The molecule has 1 saturated heterocycles. The number of pyridine rings is 1. The fourth-order valence-electron chi connectivity index (χ4n) is 2.75. The lowest BCUT2D eigenvalue weighted by atomic mass is 10.2. The number of halogens is 1. The van der Waals surface area contributed by atoms with E-state index in [-0.39, 0.29) is 17.5 Å². The number of rotatable bonds is 3. The van der Waals surface area contributed by atoms with Crippen molar-refractivity contribution in [3.8, 4) is 0 Å². The number of sulfone groups is 1. The van der Waals surface area contributed by atoms with Crippen LogP contribution in [0.5, 0.6) is 0 Å². The standard InChI is InChI=1S/C13H16ClN3O2S/c1-9-6-11-13(15-7-9)17(12(16-11)2-4-14)10-3-5-20(18,19)8-10/h6-7,10H,2-5,8H2,1H3. The molecule has 1 unspecified atom stereocenters. The number of nitrogens with zero attached hydrogens (tertiary/aromatic N) is 3. The maximum atomic E-state index is 11.7. The van der Waals surface area contributed by atoms with Crippen molar-refractivity contribution in [1.82, 2.24) is 14.5 Å². The van der Waals surface area contributed by atoms with E-state index in [1.807, 2.05) is 17.6 Å². The molecule has 7 heteroatoms. The highest BCUT2D eigenvalue weighted by atomic mass is 35.5. The van der Waals surface area contributed by atoms with Crippen LogP contribution in [0.3, 0.4) is 0 Å². The number of hydrogen-bond acceptors (Lipinski definition) is 4. The average Bonchev–Trinajstić information content (AvgIpc) is 2.89. The molecular formula is C13H16ClN3O2S. The topological polar surface area (TPSA) is 64.8 Å². The van der Waals surface area contributed by atoms with Crippen LogP contribution in [0.2, 0.25) is 0 Å². The predicted octanol–water partition coefficient (Wildman–Crippen LogP) is 1.88. The molecule has 3 rings (SSSR count). The smallest absolute Gasteiger partial charge is 0.160 e. The summed E-state index contributed by atoms with van der Waals surface area (Å²) in [6.07, 6.45) is 3.03. The minimum atomic E-state index is -2.94. The quantitative estimate of drug-likeness (QED) is 0.812. The van der Waals surface area contributed by atoms with Gasteiger partial charge in [-0.15, -0.1) is 11.6 Å². The number of hydrogen-bond donors (Lipinski definition) is 0. The SMILES string of the molecule is Cc1cnc2c(c1)nc(CCCl)n2C1CCS(=O)(=O)C1.